The predicted octanol–water partition coefficient (Wildman–Crippen LogP) is 5.11. The summed E-state index contributed by atoms with van der Waals surface area (Å²) in [6, 6.07) is 21.8. The molecule has 0 spiro atoms. The van der Waals surface area contributed by atoms with Gasteiger partial charge in [-0.05, 0) is 47.5 Å². The molecule has 0 radical (unpaired) electrons. The van der Waals surface area contributed by atoms with Crippen LogP contribution in [-0.4, -0.2) is 34.1 Å². The Labute approximate surface area is 192 Å². The Morgan fingerprint density at radius 3 is 2.67 bits per heavy atom. The highest BCUT2D eigenvalue weighted by atomic mass is 16.5. The average molecular weight is 438 g/mol. The molecule has 33 heavy (non-hydrogen) atoms. The van der Waals surface area contributed by atoms with Crippen molar-refractivity contribution in [1.82, 2.24) is 14.8 Å². The summed E-state index contributed by atoms with van der Waals surface area (Å²) in [6.45, 7) is 1.39. The van der Waals surface area contributed by atoms with Crippen LogP contribution in [0.1, 0.15) is 18.4 Å². The molecule has 0 amide bonds. The smallest absolute Gasteiger partial charge is 0.137 e. The standard InChI is InChI=1S/C26H23N5O2/c27-16-21-14-19(6-7-25(21)33-24-9-12-32-13-10-24)20-8-11-28-26(15-20)30-22-17-29-31(18-22)23-4-2-1-3-5-23/h1-8,11,14-15,17-18,24H,9-10,12-13H2,(H,28,30). The Kier molecular flexibility index (Phi) is 6.00. The largest absolute Gasteiger partial charge is 0.489 e. The van der Waals surface area contributed by atoms with Gasteiger partial charge in [-0.2, -0.15) is 10.4 Å². The first-order valence-electron chi connectivity index (χ1n) is 10.9. The van der Waals surface area contributed by atoms with Crippen LogP contribution in [0.25, 0.3) is 16.8 Å². The Bertz CT molecular complexity index is 1270. The maximum atomic E-state index is 9.68. The normalized spacial score (nSPS) is 13.9. The van der Waals surface area contributed by atoms with Crippen molar-refractivity contribution in [2.45, 2.75) is 18.9 Å². The Morgan fingerprint density at radius 1 is 1.03 bits per heavy atom. The zero-order valence-electron chi connectivity index (χ0n) is 18.0. The summed E-state index contributed by atoms with van der Waals surface area (Å²) in [5, 5.41) is 17.4. The van der Waals surface area contributed by atoms with E-state index in [4.69, 9.17) is 9.47 Å². The second-order valence-corrected chi connectivity index (χ2v) is 7.82. The molecule has 0 saturated carbocycles. The van der Waals surface area contributed by atoms with Gasteiger partial charge in [-0.15, -0.1) is 0 Å². The number of pyridine rings is 1. The van der Waals surface area contributed by atoms with Gasteiger partial charge in [-0.1, -0.05) is 24.3 Å². The summed E-state index contributed by atoms with van der Waals surface area (Å²) >= 11 is 0. The maximum Gasteiger partial charge on any atom is 0.137 e. The van der Waals surface area contributed by atoms with Crippen LogP contribution in [0.2, 0.25) is 0 Å². The van der Waals surface area contributed by atoms with Crippen molar-refractivity contribution in [1.29, 1.82) is 5.26 Å². The number of hydrogen-bond donors (Lipinski definition) is 1. The summed E-state index contributed by atoms with van der Waals surface area (Å²) in [5.41, 5.74) is 4.23. The van der Waals surface area contributed by atoms with E-state index in [1.165, 1.54) is 0 Å². The van der Waals surface area contributed by atoms with E-state index in [9.17, 15) is 5.26 Å². The van der Waals surface area contributed by atoms with Gasteiger partial charge in [0.2, 0.25) is 0 Å². The molecular weight excluding hydrogens is 414 g/mol. The number of nitrogens with zero attached hydrogens (tertiary/aromatic N) is 4. The highest BCUT2D eigenvalue weighted by Crippen LogP contribution is 2.29. The summed E-state index contributed by atoms with van der Waals surface area (Å²) in [5.74, 6) is 1.31. The van der Waals surface area contributed by atoms with E-state index in [2.05, 4.69) is 21.5 Å². The number of anilines is 2. The molecule has 4 aromatic rings. The van der Waals surface area contributed by atoms with Gasteiger partial charge in [0.05, 0.1) is 42.5 Å². The molecule has 0 aliphatic carbocycles. The van der Waals surface area contributed by atoms with Crippen molar-refractivity contribution in [3.63, 3.8) is 0 Å². The van der Waals surface area contributed by atoms with E-state index in [0.29, 0.717) is 30.3 Å². The lowest BCUT2D eigenvalue weighted by Gasteiger charge is -2.23. The Hall–Kier alpha value is -4.15. The lowest BCUT2D eigenvalue weighted by atomic mass is 10.0. The molecule has 1 N–H and O–H groups in total. The molecule has 1 fully saturated rings. The summed E-state index contributed by atoms with van der Waals surface area (Å²) < 4.78 is 13.3. The van der Waals surface area contributed by atoms with Crippen molar-refractivity contribution in [3.05, 3.63) is 84.8 Å². The molecule has 1 aliphatic heterocycles. The molecule has 0 atom stereocenters. The van der Waals surface area contributed by atoms with Crippen LogP contribution >= 0.6 is 0 Å². The van der Waals surface area contributed by atoms with Crippen molar-refractivity contribution < 1.29 is 9.47 Å². The number of aromatic nitrogens is 3. The fourth-order valence-corrected chi connectivity index (χ4v) is 3.81. The minimum Gasteiger partial charge on any atom is -0.489 e. The highest BCUT2D eigenvalue weighted by Gasteiger charge is 2.17. The average Bonchev–Trinajstić information content (AvgIpc) is 3.34. The van der Waals surface area contributed by atoms with Crippen molar-refractivity contribution in [3.8, 4) is 28.6 Å². The number of benzene rings is 2. The van der Waals surface area contributed by atoms with Crippen LogP contribution < -0.4 is 10.1 Å². The molecule has 2 aromatic heterocycles. The molecule has 0 unspecified atom stereocenters. The number of nitriles is 1. The van der Waals surface area contributed by atoms with Crippen molar-refractivity contribution in [2.24, 2.45) is 0 Å². The van der Waals surface area contributed by atoms with Crippen LogP contribution in [0.15, 0.2) is 79.3 Å². The van der Waals surface area contributed by atoms with E-state index < -0.39 is 0 Å². The number of ether oxygens (including phenoxy) is 2. The molecule has 3 heterocycles. The van der Waals surface area contributed by atoms with Crippen LogP contribution in [0.5, 0.6) is 5.75 Å². The summed E-state index contributed by atoms with van der Waals surface area (Å²) in [7, 11) is 0. The van der Waals surface area contributed by atoms with E-state index in [0.717, 1.165) is 35.3 Å². The summed E-state index contributed by atoms with van der Waals surface area (Å²) in [4.78, 5) is 4.43. The second-order valence-electron chi connectivity index (χ2n) is 7.82. The second kappa shape index (κ2) is 9.55. The first kappa shape index (κ1) is 20.7. The van der Waals surface area contributed by atoms with Crippen LogP contribution in [0.4, 0.5) is 11.5 Å². The molecule has 2 aromatic carbocycles. The van der Waals surface area contributed by atoms with Crippen molar-refractivity contribution in [2.75, 3.05) is 18.5 Å². The SMILES string of the molecule is N#Cc1cc(-c2ccnc(Nc3cnn(-c4ccccc4)c3)c2)ccc1OC1CCOCC1. The van der Waals surface area contributed by atoms with Gasteiger partial charge < -0.3 is 14.8 Å². The Morgan fingerprint density at radius 2 is 1.85 bits per heavy atom. The first-order chi connectivity index (χ1) is 16.3. The maximum absolute atomic E-state index is 9.68. The zero-order chi connectivity index (χ0) is 22.5. The van der Waals surface area contributed by atoms with Gasteiger partial charge in [-0.25, -0.2) is 9.67 Å². The molecule has 0 bridgehead atoms. The lowest BCUT2D eigenvalue weighted by Crippen LogP contribution is -2.26. The molecular formula is C26H23N5O2. The first-order valence-corrected chi connectivity index (χ1v) is 10.9. The zero-order valence-corrected chi connectivity index (χ0v) is 18.0. The van der Waals surface area contributed by atoms with Gasteiger partial charge >= 0.3 is 0 Å². The van der Waals surface area contributed by atoms with Crippen LogP contribution in [0.3, 0.4) is 0 Å². The van der Waals surface area contributed by atoms with Crippen LogP contribution in [0, 0.1) is 11.3 Å². The third kappa shape index (κ3) is 4.86. The topological polar surface area (TPSA) is 85.0 Å². The highest BCUT2D eigenvalue weighted by molar-refractivity contribution is 5.70. The van der Waals surface area contributed by atoms with Crippen LogP contribution in [-0.2, 0) is 4.74 Å². The number of rotatable bonds is 6. The number of hydrogen-bond acceptors (Lipinski definition) is 6. The molecule has 7 nitrogen and oxygen atoms in total. The van der Waals surface area contributed by atoms with Gasteiger partial charge in [0, 0.05) is 19.0 Å². The van der Waals surface area contributed by atoms with E-state index in [1.54, 1.807) is 12.4 Å². The molecule has 7 heteroatoms. The molecule has 1 saturated heterocycles. The minimum absolute atomic E-state index is 0.0882. The monoisotopic (exact) mass is 437 g/mol. The molecule has 1 aliphatic rings. The van der Waals surface area contributed by atoms with E-state index >= 15 is 0 Å². The van der Waals surface area contributed by atoms with Gasteiger partial charge in [0.1, 0.15) is 23.7 Å². The van der Waals surface area contributed by atoms with Gasteiger partial charge in [0.15, 0.2) is 0 Å². The van der Waals surface area contributed by atoms with E-state index in [1.807, 2.05) is 71.5 Å². The third-order valence-electron chi connectivity index (χ3n) is 5.53. The fourth-order valence-electron chi connectivity index (χ4n) is 3.81. The van der Waals surface area contributed by atoms with Gasteiger partial charge in [0.25, 0.3) is 0 Å². The molecule has 164 valence electrons. The number of para-hydroxylation sites is 1. The lowest BCUT2D eigenvalue weighted by molar-refractivity contribution is 0.0254. The molecule has 5 rings (SSSR count). The van der Waals surface area contributed by atoms with Crippen molar-refractivity contribution >= 4 is 11.5 Å². The fraction of sp³-hybridized carbons (Fsp3) is 0.192. The van der Waals surface area contributed by atoms with Gasteiger partial charge in [-0.3, -0.25) is 0 Å². The number of nitrogens with one attached hydrogen (secondary N) is 1. The summed E-state index contributed by atoms with van der Waals surface area (Å²) in [6.07, 6.45) is 7.19. The third-order valence-corrected chi connectivity index (χ3v) is 5.53. The van der Waals surface area contributed by atoms with E-state index in [-0.39, 0.29) is 6.10 Å². The minimum atomic E-state index is 0.0882. The Balaban J connectivity index is 1.33. The predicted molar refractivity (Wildman–Crippen MR) is 126 cm³/mol. The quantitative estimate of drug-likeness (QED) is 0.451.